The van der Waals surface area contributed by atoms with Crippen molar-refractivity contribution < 1.29 is 13.6 Å². The zero-order valence-electron chi connectivity index (χ0n) is 15.1. The second kappa shape index (κ2) is 8.81. The molecule has 27 heavy (non-hydrogen) atoms. The molecule has 0 unspecified atom stereocenters. The molecule has 1 N–H and O–H groups in total. The van der Waals surface area contributed by atoms with E-state index in [2.05, 4.69) is 20.6 Å². The van der Waals surface area contributed by atoms with Crippen molar-refractivity contribution in [2.75, 3.05) is 11.1 Å². The van der Waals surface area contributed by atoms with Crippen molar-refractivity contribution in [3.05, 3.63) is 42.3 Å². The number of aromatic nitrogens is 4. The van der Waals surface area contributed by atoms with Crippen molar-refractivity contribution in [3.63, 3.8) is 0 Å². The molecule has 0 aliphatic rings. The molecule has 0 radical (unpaired) electrons. The number of anilines is 1. The third-order valence-corrected chi connectivity index (χ3v) is 4.78. The first-order chi connectivity index (χ1) is 13.0. The topological polar surface area (TPSA) is 85.8 Å². The first kappa shape index (κ1) is 19.1. The number of amides is 1. The van der Waals surface area contributed by atoms with E-state index < -0.39 is 0 Å². The smallest absolute Gasteiger partial charge is 0.322 e. The minimum Gasteiger partial charge on any atom is -0.401 e. The van der Waals surface area contributed by atoms with Gasteiger partial charge >= 0.3 is 6.01 Å². The maximum absolute atomic E-state index is 12.9. The molecule has 0 aliphatic heterocycles. The molecule has 2 heterocycles. The largest absolute Gasteiger partial charge is 0.401 e. The molecular formula is C18H20FN5O2S. The number of benzene rings is 1. The van der Waals surface area contributed by atoms with E-state index in [0.29, 0.717) is 24.4 Å². The van der Waals surface area contributed by atoms with E-state index in [1.165, 1.54) is 12.1 Å². The van der Waals surface area contributed by atoms with Crippen LogP contribution in [0.5, 0.6) is 0 Å². The van der Waals surface area contributed by atoms with Crippen molar-refractivity contribution in [3.8, 4) is 11.6 Å². The summed E-state index contributed by atoms with van der Waals surface area (Å²) in [6, 6.07) is 8.30. The predicted octanol–water partition coefficient (Wildman–Crippen LogP) is 4.16. The minimum absolute atomic E-state index is 0.0673. The summed E-state index contributed by atoms with van der Waals surface area (Å²) >= 11 is 1.58. The third kappa shape index (κ3) is 5.16. The number of halogens is 1. The molecule has 1 aromatic carbocycles. The molecular weight excluding hydrogens is 369 g/mol. The lowest BCUT2D eigenvalue weighted by Gasteiger charge is -2.07. The summed E-state index contributed by atoms with van der Waals surface area (Å²) in [5.74, 6) is 0.613. The number of hydrogen-bond acceptors (Lipinski definition) is 6. The van der Waals surface area contributed by atoms with E-state index in [1.807, 2.05) is 13.8 Å². The van der Waals surface area contributed by atoms with E-state index in [0.717, 1.165) is 10.6 Å². The van der Waals surface area contributed by atoms with Gasteiger partial charge in [-0.1, -0.05) is 5.10 Å². The van der Waals surface area contributed by atoms with Gasteiger partial charge in [0.1, 0.15) is 11.5 Å². The van der Waals surface area contributed by atoms with Crippen LogP contribution in [0.1, 0.15) is 32.7 Å². The Morgan fingerprint density at radius 1 is 1.26 bits per heavy atom. The molecule has 3 rings (SSSR count). The quantitative estimate of drug-likeness (QED) is 0.460. The monoisotopic (exact) mass is 389 g/mol. The van der Waals surface area contributed by atoms with Gasteiger partial charge in [0, 0.05) is 23.6 Å². The molecule has 0 aliphatic carbocycles. The van der Waals surface area contributed by atoms with Crippen LogP contribution >= 0.6 is 11.8 Å². The maximum Gasteiger partial charge on any atom is 0.322 e. The zero-order valence-corrected chi connectivity index (χ0v) is 15.9. The Labute approximate surface area is 160 Å². The van der Waals surface area contributed by atoms with Crippen LogP contribution in [0, 0.1) is 5.82 Å². The van der Waals surface area contributed by atoms with E-state index in [9.17, 15) is 9.18 Å². The molecule has 0 spiro atoms. The van der Waals surface area contributed by atoms with Crippen LogP contribution < -0.4 is 5.32 Å². The summed E-state index contributed by atoms with van der Waals surface area (Å²) in [6.45, 7) is 4.00. The summed E-state index contributed by atoms with van der Waals surface area (Å²) in [5.41, 5.74) is 0.702. The van der Waals surface area contributed by atoms with E-state index in [1.54, 1.807) is 40.8 Å². The van der Waals surface area contributed by atoms with E-state index in [-0.39, 0.29) is 23.8 Å². The average molecular weight is 389 g/mol. The van der Waals surface area contributed by atoms with Gasteiger partial charge in [0.2, 0.25) is 5.91 Å². The fourth-order valence-electron chi connectivity index (χ4n) is 2.41. The van der Waals surface area contributed by atoms with Crippen LogP contribution in [-0.4, -0.2) is 31.6 Å². The van der Waals surface area contributed by atoms with Crippen molar-refractivity contribution in [2.24, 2.45) is 0 Å². The van der Waals surface area contributed by atoms with Gasteiger partial charge in [0.15, 0.2) is 0 Å². The highest BCUT2D eigenvalue weighted by Crippen LogP contribution is 2.23. The lowest BCUT2D eigenvalue weighted by Crippen LogP contribution is -2.11. The first-order valence-corrected chi connectivity index (χ1v) is 9.57. The predicted molar refractivity (Wildman–Crippen MR) is 101 cm³/mol. The number of hydrogen-bond donors (Lipinski definition) is 1. The average Bonchev–Trinajstić information content (AvgIpc) is 3.29. The summed E-state index contributed by atoms with van der Waals surface area (Å²) in [7, 11) is 0. The Bertz CT molecular complexity index is 891. The van der Waals surface area contributed by atoms with Crippen LogP contribution in [0.15, 0.2) is 45.8 Å². The summed E-state index contributed by atoms with van der Waals surface area (Å²) in [4.78, 5) is 13.0. The highest BCUT2D eigenvalue weighted by molar-refractivity contribution is 7.99. The zero-order chi connectivity index (χ0) is 19.2. The molecule has 0 bridgehead atoms. The Morgan fingerprint density at radius 2 is 2.04 bits per heavy atom. The Kier molecular flexibility index (Phi) is 6.23. The summed E-state index contributed by atoms with van der Waals surface area (Å²) < 4.78 is 20.1. The Morgan fingerprint density at radius 3 is 2.78 bits per heavy atom. The lowest BCUT2D eigenvalue weighted by molar-refractivity contribution is -0.116. The SMILES string of the molecule is CC(C)n1nccc1-c1nnc(NC(=O)CCCSc2ccc(F)cc2)o1. The van der Waals surface area contributed by atoms with Crippen LogP contribution in [-0.2, 0) is 4.79 Å². The van der Waals surface area contributed by atoms with Crippen LogP contribution in [0.2, 0.25) is 0 Å². The standard InChI is InChI=1S/C18H20FN5O2S/c1-12(2)24-15(9-10-20-24)17-22-23-18(26-17)21-16(25)4-3-11-27-14-7-5-13(19)6-8-14/h5-10,12H,3-4,11H2,1-2H3,(H,21,23,25). The molecule has 0 saturated carbocycles. The number of thioether (sulfide) groups is 1. The molecule has 7 nitrogen and oxygen atoms in total. The van der Waals surface area contributed by atoms with Crippen LogP contribution in [0.3, 0.4) is 0 Å². The highest BCUT2D eigenvalue weighted by Gasteiger charge is 2.16. The number of carbonyl (C=O) groups is 1. The maximum atomic E-state index is 12.9. The van der Waals surface area contributed by atoms with Gasteiger partial charge in [-0.05, 0) is 56.4 Å². The Hall–Kier alpha value is -2.68. The van der Waals surface area contributed by atoms with Gasteiger partial charge < -0.3 is 4.42 Å². The van der Waals surface area contributed by atoms with E-state index >= 15 is 0 Å². The molecule has 142 valence electrons. The van der Waals surface area contributed by atoms with Crippen LogP contribution in [0.4, 0.5) is 10.4 Å². The second-order valence-electron chi connectivity index (χ2n) is 6.12. The molecule has 0 saturated heterocycles. The number of nitrogens with zero attached hydrogens (tertiary/aromatic N) is 4. The Balaban J connectivity index is 1.46. The van der Waals surface area contributed by atoms with Gasteiger partial charge in [-0.15, -0.1) is 16.9 Å². The molecule has 9 heteroatoms. The molecule has 0 fully saturated rings. The van der Waals surface area contributed by atoms with Crippen molar-refractivity contribution >= 4 is 23.7 Å². The van der Waals surface area contributed by atoms with Crippen LogP contribution in [0.25, 0.3) is 11.6 Å². The van der Waals surface area contributed by atoms with Gasteiger partial charge in [0.05, 0.1) is 0 Å². The van der Waals surface area contributed by atoms with Gasteiger partial charge in [-0.3, -0.25) is 14.8 Å². The normalized spacial score (nSPS) is 11.1. The van der Waals surface area contributed by atoms with E-state index in [4.69, 9.17) is 4.42 Å². The molecule has 0 atom stereocenters. The first-order valence-electron chi connectivity index (χ1n) is 8.58. The third-order valence-electron chi connectivity index (χ3n) is 3.68. The number of rotatable bonds is 8. The van der Waals surface area contributed by atoms with Crippen molar-refractivity contribution in [2.45, 2.75) is 37.6 Å². The molecule has 1 amide bonds. The molecule has 2 aromatic heterocycles. The fraction of sp³-hybridized carbons (Fsp3) is 0.333. The minimum atomic E-state index is -0.255. The summed E-state index contributed by atoms with van der Waals surface area (Å²) in [5, 5.41) is 14.7. The van der Waals surface area contributed by atoms with Crippen molar-refractivity contribution in [1.82, 2.24) is 20.0 Å². The van der Waals surface area contributed by atoms with Gasteiger partial charge in [-0.2, -0.15) is 5.10 Å². The molecule has 3 aromatic rings. The van der Waals surface area contributed by atoms with Gasteiger partial charge in [-0.25, -0.2) is 4.39 Å². The number of nitrogens with one attached hydrogen (secondary N) is 1. The highest BCUT2D eigenvalue weighted by atomic mass is 32.2. The van der Waals surface area contributed by atoms with Crippen molar-refractivity contribution in [1.29, 1.82) is 0 Å². The lowest BCUT2D eigenvalue weighted by atomic mass is 10.3. The van der Waals surface area contributed by atoms with Gasteiger partial charge in [0.25, 0.3) is 5.89 Å². The fourth-order valence-corrected chi connectivity index (χ4v) is 3.26. The number of carbonyl (C=O) groups excluding carboxylic acids is 1. The second-order valence-corrected chi connectivity index (χ2v) is 7.29. The summed E-state index contributed by atoms with van der Waals surface area (Å²) in [6.07, 6.45) is 2.67.